The zero-order valence-electron chi connectivity index (χ0n) is 16.1. The summed E-state index contributed by atoms with van der Waals surface area (Å²) < 4.78 is 13.5. The highest BCUT2D eigenvalue weighted by Gasteiger charge is 2.04. The van der Waals surface area contributed by atoms with Crippen molar-refractivity contribution in [3.8, 4) is 16.9 Å². The van der Waals surface area contributed by atoms with Crippen LogP contribution in [0, 0.1) is 5.82 Å². The van der Waals surface area contributed by atoms with Gasteiger partial charge in [-0.05, 0) is 41.7 Å². The second-order valence-electron chi connectivity index (χ2n) is 7.30. The highest BCUT2D eigenvalue weighted by atomic mass is 19.1. The van der Waals surface area contributed by atoms with Crippen molar-refractivity contribution in [1.82, 2.24) is 0 Å². The summed E-state index contributed by atoms with van der Waals surface area (Å²) in [5.74, 6) is -0.872. The van der Waals surface area contributed by atoms with Gasteiger partial charge in [0, 0.05) is 0 Å². The van der Waals surface area contributed by atoms with Gasteiger partial charge in [0.2, 0.25) is 0 Å². The highest BCUT2D eigenvalue weighted by Crippen LogP contribution is 2.25. The number of rotatable bonds is 12. The standard InChI is InChI=1S/C24H33FO/c1-2-3-4-5-6-7-8-9-10-11-12-20-13-15-21(16-14-20)22-17-18-24(26)23(25)19-22/h13-19,26H,2-12H2,1H3. The SMILES string of the molecule is CCCCCCCCCCCCc1ccc(-c2ccc(O)c(F)c2)cc1. The number of aromatic hydroxyl groups is 1. The molecule has 0 radical (unpaired) electrons. The molecule has 1 nitrogen and oxygen atoms in total. The van der Waals surface area contributed by atoms with Gasteiger partial charge in [-0.1, -0.05) is 95.0 Å². The zero-order chi connectivity index (χ0) is 18.6. The predicted octanol–water partition coefficient (Wildman–Crippen LogP) is 7.66. The molecule has 0 heterocycles. The Morgan fingerprint density at radius 1 is 0.692 bits per heavy atom. The third-order valence-corrected chi connectivity index (χ3v) is 5.05. The number of phenols is 1. The van der Waals surface area contributed by atoms with E-state index in [1.165, 1.54) is 81.9 Å². The Bertz CT molecular complexity index is 633. The smallest absolute Gasteiger partial charge is 0.165 e. The van der Waals surface area contributed by atoms with Crippen LogP contribution in [0.3, 0.4) is 0 Å². The second kappa shape index (κ2) is 11.7. The van der Waals surface area contributed by atoms with Crippen LogP contribution in [0.2, 0.25) is 0 Å². The number of unbranched alkanes of at least 4 members (excludes halogenated alkanes) is 9. The first-order valence-electron chi connectivity index (χ1n) is 10.3. The minimum atomic E-state index is -0.572. The van der Waals surface area contributed by atoms with Crippen LogP contribution in [-0.2, 0) is 6.42 Å². The summed E-state index contributed by atoms with van der Waals surface area (Å²) in [5, 5.41) is 9.28. The summed E-state index contributed by atoms with van der Waals surface area (Å²) in [6, 6.07) is 12.9. The molecule has 0 aliphatic heterocycles. The maximum absolute atomic E-state index is 13.5. The molecule has 0 saturated carbocycles. The minimum absolute atomic E-state index is 0.300. The molecule has 0 amide bonds. The minimum Gasteiger partial charge on any atom is -0.505 e. The Balaban J connectivity index is 1.63. The fraction of sp³-hybridized carbons (Fsp3) is 0.500. The third kappa shape index (κ3) is 7.19. The van der Waals surface area contributed by atoms with Crippen molar-refractivity contribution in [1.29, 1.82) is 0 Å². The first-order chi connectivity index (χ1) is 12.7. The third-order valence-electron chi connectivity index (χ3n) is 5.05. The first kappa shape index (κ1) is 20.5. The Labute approximate surface area is 158 Å². The number of phenolic OH excluding ortho intramolecular Hbond substituents is 1. The topological polar surface area (TPSA) is 20.2 Å². The van der Waals surface area contributed by atoms with Crippen LogP contribution in [0.5, 0.6) is 5.75 Å². The maximum Gasteiger partial charge on any atom is 0.165 e. The van der Waals surface area contributed by atoms with E-state index in [0.29, 0.717) is 0 Å². The van der Waals surface area contributed by atoms with Gasteiger partial charge in [0.1, 0.15) is 0 Å². The molecule has 0 fully saturated rings. The summed E-state index contributed by atoms with van der Waals surface area (Å²) in [4.78, 5) is 0. The molecule has 2 rings (SSSR count). The average Bonchev–Trinajstić information content (AvgIpc) is 2.66. The Morgan fingerprint density at radius 3 is 1.81 bits per heavy atom. The van der Waals surface area contributed by atoms with Gasteiger partial charge in [-0.3, -0.25) is 0 Å². The Morgan fingerprint density at radius 2 is 1.23 bits per heavy atom. The molecule has 0 aromatic heterocycles. The first-order valence-corrected chi connectivity index (χ1v) is 10.3. The average molecular weight is 357 g/mol. The monoisotopic (exact) mass is 356 g/mol. The molecule has 26 heavy (non-hydrogen) atoms. The summed E-state index contributed by atoms with van der Waals surface area (Å²) in [5.41, 5.74) is 3.12. The van der Waals surface area contributed by atoms with E-state index in [-0.39, 0.29) is 5.75 Å². The number of hydrogen-bond acceptors (Lipinski definition) is 1. The van der Waals surface area contributed by atoms with Crippen LogP contribution in [0.4, 0.5) is 4.39 Å². The van der Waals surface area contributed by atoms with E-state index < -0.39 is 5.82 Å². The molecule has 142 valence electrons. The number of hydrogen-bond donors (Lipinski definition) is 1. The van der Waals surface area contributed by atoms with Crippen molar-refractivity contribution in [2.45, 2.75) is 77.6 Å². The molecule has 0 aliphatic rings. The highest BCUT2D eigenvalue weighted by molar-refractivity contribution is 5.64. The molecule has 0 saturated heterocycles. The fourth-order valence-corrected chi connectivity index (χ4v) is 3.37. The molecule has 0 atom stereocenters. The van der Waals surface area contributed by atoms with E-state index >= 15 is 0 Å². The van der Waals surface area contributed by atoms with Crippen molar-refractivity contribution >= 4 is 0 Å². The van der Waals surface area contributed by atoms with Gasteiger partial charge in [0.05, 0.1) is 0 Å². The number of aryl methyl sites for hydroxylation is 1. The summed E-state index contributed by atoms with van der Waals surface area (Å²) in [6.07, 6.45) is 14.7. The zero-order valence-corrected chi connectivity index (χ0v) is 16.1. The van der Waals surface area contributed by atoms with Gasteiger partial charge in [-0.25, -0.2) is 4.39 Å². The lowest BCUT2D eigenvalue weighted by Gasteiger charge is -2.06. The summed E-state index contributed by atoms with van der Waals surface area (Å²) >= 11 is 0. The van der Waals surface area contributed by atoms with Gasteiger partial charge in [-0.2, -0.15) is 0 Å². The van der Waals surface area contributed by atoms with E-state index in [4.69, 9.17) is 0 Å². The predicted molar refractivity (Wildman–Crippen MR) is 109 cm³/mol. The lowest BCUT2D eigenvalue weighted by molar-refractivity contribution is 0.432. The van der Waals surface area contributed by atoms with Crippen molar-refractivity contribution in [3.05, 3.63) is 53.8 Å². The number of halogens is 1. The molecule has 0 unspecified atom stereocenters. The molecule has 0 aliphatic carbocycles. The summed E-state index contributed by atoms with van der Waals surface area (Å²) in [7, 11) is 0. The van der Waals surface area contributed by atoms with Gasteiger partial charge in [0.15, 0.2) is 11.6 Å². The van der Waals surface area contributed by atoms with Crippen molar-refractivity contribution in [2.75, 3.05) is 0 Å². The van der Waals surface area contributed by atoms with E-state index in [2.05, 4.69) is 19.1 Å². The van der Waals surface area contributed by atoms with Gasteiger partial charge in [0.25, 0.3) is 0 Å². The van der Waals surface area contributed by atoms with Crippen LogP contribution >= 0.6 is 0 Å². The fourth-order valence-electron chi connectivity index (χ4n) is 3.37. The molecule has 0 spiro atoms. The van der Waals surface area contributed by atoms with Gasteiger partial charge >= 0.3 is 0 Å². The molecule has 2 aromatic carbocycles. The van der Waals surface area contributed by atoms with Crippen molar-refractivity contribution in [2.24, 2.45) is 0 Å². The van der Waals surface area contributed by atoms with Crippen LogP contribution in [0.25, 0.3) is 11.1 Å². The largest absolute Gasteiger partial charge is 0.505 e. The van der Waals surface area contributed by atoms with Crippen molar-refractivity contribution < 1.29 is 9.50 Å². The van der Waals surface area contributed by atoms with Gasteiger partial charge < -0.3 is 5.11 Å². The van der Waals surface area contributed by atoms with Crippen LogP contribution in [0.1, 0.15) is 76.7 Å². The van der Waals surface area contributed by atoms with Gasteiger partial charge in [-0.15, -0.1) is 0 Å². The van der Waals surface area contributed by atoms with E-state index in [9.17, 15) is 9.50 Å². The van der Waals surface area contributed by atoms with E-state index in [1.807, 2.05) is 12.1 Å². The van der Waals surface area contributed by atoms with E-state index in [1.54, 1.807) is 6.07 Å². The molecular weight excluding hydrogens is 323 g/mol. The Kier molecular flexibility index (Phi) is 9.23. The number of benzene rings is 2. The van der Waals surface area contributed by atoms with E-state index in [0.717, 1.165) is 17.5 Å². The molecule has 2 aromatic rings. The van der Waals surface area contributed by atoms with Crippen LogP contribution < -0.4 is 0 Å². The Hall–Kier alpha value is -1.83. The molecule has 2 heteroatoms. The lowest BCUT2D eigenvalue weighted by Crippen LogP contribution is -1.88. The second-order valence-corrected chi connectivity index (χ2v) is 7.30. The normalized spacial score (nSPS) is 11.0. The quantitative estimate of drug-likeness (QED) is 0.387. The van der Waals surface area contributed by atoms with Crippen LogP contribution in [0.15, 0.2) is 42.5 Å². The summed E-state index contributed by atoms with van der Waals surface area (Å²) in [6.45, 7) is 2.26. The molecule has 1 N–H and O–H groups in total. The molecule has 0 bridgehead atoms. The lowest BCUT2D eigenvalue weighted by atomic mass is 10.0. The van der Waals surface area contributed by atoms with Crippen molar-refractivity contribution in [3.63, 3.8) is 0 Å². The molecular formula is C24H33FO. The van der Waals surface area contributed by atoms with Crippen LogP contribution in [-0.4, -0.2) is 5.11 Å². The maximum atomic E-state index is 13.5.